The van der Waals surface area contributed by atoms with Crippen molar-refractivity contribution in [2.24, 2.45) is 21.9 Å². The van der Waals surface area contributed by atoms with E-state index in [1.165, 1.54) is 0 Å². The quantitative estimate of drug-likeness (QED) is 0.933. The maximum Gasteiger partial charge on any atom is 0.133 e. The average Bonchev–Trinajstić information content (AvgIpc) is 2.38. The molecule has 0 saturated carbocycles. The zero-order valence-corrected chi connectivity index (χ0v) is 12.1. The Morgan fingerprint density at radius 1 is 1.44 bits per heavy atom. The lowest BCUT2D eigenvalue weighted by Crippen LogP contribution is -2.26. The van der Waals surface area contributed by atoms with Gasteiger partial charge in [0.15, 0.2) is 0 Å². The van der Waals surface area contributed by atoms with Crippen molar-refractivity contribution in [2.75, 3.05) is 7.11 Å². The Morgan fingerprint density at radius 2 is 2.22 bits per heavy atom. The zero-order chi connectivity index (χ0) is 13.1. The van der Waals surface area contributed by atoms with Gasteiger partial charge < -0.3 is 10.5 Å². The summed E-state index contributed by atoms with van der Waals surface area (Å²) in [5.41, 5.74) is 7.79. The van der Waals surface area contributed by atoms with Crippen LogP contribution < -0.4 is 10.5 Å². The summed E-state index contributed by atoms with van der Waals surface area (Å²) >= 11 is 3.49. The van der Waals surface area contributed by atoms with Crippen molar-refractivity contribution < 1.29 is 4.74 Å². The average molecular weight is 310 g/mol. The molecule has 4 nitrogen and oxygen atoms in total. The molecule has 0 fully saturated rings. The van der Waals surface area contributed by atoms with E-state index in [0.717, 1.165) is 34.3 Å². The number of halogens is 1. The van der Waals surface area contributed by atoms with Crippen LogP contribution in [0.2, 0.25) is 0 Å². The van der Waals surface area contributed by atoms with Crippen LogP contribution in [0.4, 0.5) is 0 Å². The molecule has 0 amide bonds. The highest BCUT2D eigenvalue weighted by Crippen LogP contribution is 2.28. The molecule has 0 bridgehead atoms. The van der Waals surface area contributed by atoms with Crippen molar-refractivity contribution in [1.82, 2.24) is 0 Å². The first kappa shape index (κ1) is 13.1. The van der Waals surface area contributed by atoms with Gasteiger partial charge in [-0.3, -0.25) is 0 Å². The summed E-state index contributed by atoms with van der Waals surface area (Å²) in [6, 6.07) is 5.94. The van der Waals surface area contributed by atoms with Gasteiger partial charge in [0.2, 0.25) is 0 Å². The predicted molar refractivity (Wildman–Crippen MR) is 77.3 cm³/mol. The topological polar surface area (TPSA) is 60.0 Å². The van der Waals surface area contributed by atoms with Crippen molar-refractivity contribution in [2.45, 2.75) is 19.8 Å². The number of benzene rings is 1. The highest BCUT2D eigenvalue weighted by molar-refractivity contribution is 9.10. The van der Waals surface area contributed by atoms with E-state index in [1.807, 2.05) is 18.2 Å². The van der Waals surface area contributed by atoms with Gasteiger partial charge in [0.05, 0.1) is 17.3 Å². The summed E-state index contributed by atoms with van der Waals surface area (Å²) < 4.78 is 6.14. The first-order chi connectivity index (χ1) is 8.65. The van der Waals surface area contributed by atoms with Gasteiger partial charge in [-0.2, -0.15) is 5.10 Å². The van der Waals surface area contributed by atoms with E-state index in [9.17, 15) is 0 Å². The molecule has 1 atom stereocenters. The first-order valence-electron chi connectivity index (χ1n) is 5.89. The molecule has 2 N–H and O–H groups in total. The summed E-state index contributed by atoms with van der Waals surface area (Å²) in [6.45, 7) is 2.14. The number of methoxy groups -OCH3 is 1. The lowest BCUT2D eigenvalue weighted by Gasteiger charge is -2.20. The van der Waals surface area contributed by atoms with Gasteiger partial charge in [-0.1, -0.05) is 6.92 Å². The minimum absolute atomic E-state index is 0.336. The molecule has 0 radical (unpaired) electrons. The van der Waals surface area contributed by atoms with Gasteiger partial charge >= 0.3 is 0 Å². The van der Waals surface area contributed by atoms with Crippen molar-refractivity contribution in [3.8, 4) is 5.75 Å². The Bertz CT molecular complexity index is 511. The Balaban J connectivity index is 2.38. The van der Waals surface area contributed by atoms with Gasteiger partial charge in [0.25, 0.3) is 0 Å². The molecule has 1 heterocycles. The largest absolute Gasteiger partial charge is 0.496 e. The molecule has 96 valence electrons. The smallest absolute Gasteiger partial charge is 0.133 e. The van der Waals surface area contributed by atoms with Gasteiger partial charge in [-0.25, -0.2) is 0 Å². The van der Waals surface area contributed by atoms with Crippen LogP contribution in [0.25, 0.3) is 0 Å². The van der Waals surface area contributed by atoms with Gasteiger partial charge in [-0.15, -0.1) is 5.10 Å². The van der Waals surface area contributed by atoms with E-state index in [2.05, 4.69) is 33.1 Å². The lowest BCUT2D eigenvalue weighted by atomic mass is 9.90. The summed E-state index contributed by atoms with van der Waals surface area (Å²) in [4.78, 5) is 0. The number of nitrogens with zero attached hydrogens (tertiary/aromatic N) is 2. The minimum Gasteiger partial charge on any atom is -0.496 e. The second kappa shape index (κ2) is 5.52. The second-order valence-corrected chi connectivity index (χ2v) is 5.09. The number of ether oxygens (including phenoxy) is 1. The SMILES string of the molecule is CCC1CC(N)=NN=C1c1ccc(OC)c(Br)c1. The maximum atomic E-state index is 5.73. The first-order valence-corrected chi connectivity index (χ1v) is 6.68. The number of amidine groups is 1. The predicted octanol–water partition coefficient (Wildman–Crippen LogP) is 2.95. The fraction of sp³-hybridized carbons (Fsp3) is 0.385. The van der Waals surface area contributed by atoms with Crippen LogP contribution in [0.15, 0.2) is 32.9 Å². The van der Waals surface area contributed by atoms with Crippen molar-refractivity contribution in [3.05, 3.63) is 28.2 Å². The number of hydrogen-bond acceptors (Lipinski definition) is 4. The van der Waals surface area contributed by atoms with E-state index < -0.39 is 0 Å². The molecular weight excluding hydrogens is 294 g/mol. The van der Waals surface area contributed by atoms with Crippen molar-refractivity contribution >= 4 is 27.5 Å². The molecule has 1 aromatic rings. The highest BCUT2D eigenvalue weighted by atomic mass is 79.9. The molecular formula is C13H16BrN3O. The standard InChI is InChI=1S/C13H16BrN3O/c1-3-8-7-12(15)16-17-13(8)9-4-5-11(18-2)10(14)6-9/h4-6,8H,3,7H2,1-2H3,(H2,15,16). The fourth-order valence-corrected chi connectivity index (χ4v) is 2.59. The van der Waals surface area contributed by atoms with E-state index >= 15 is 0 Å². The fourth-order valence-electron chi connectivity index (χ4n) is 2.05. The van der Waals surface area contributed by atoms with Crippen LogP contribution >= 0.6 is 15.9 Å². The van der Waals surface area contributed by atoms with E-state index in [-0.39, 0.29) is 0 Å². The number of rotatable bonds is 3. The van der Waals surface area contributed by atoms with Gasteiger partial charge in [0, 0.05) is 12.3 Å². The van der Waals surface area contributed by atoms with Crippen LogP contribution in [0.1, 0.15) is 25.3 Å². The highest BCUT2D eigenvalue weighted by Gasteiger charge is 2.21. The molecule has 1 aliphatic rings. The Labute approximate surface area is 115 Å². The monoisotopic (exact) mass is 309 g/mol. The molecule has 1 aromatic carbocycles. The van der Waals surface area contributed by atoms with Crippen LogP contribution in [0, 0.1) is 5.92 Å². The molecule has 5 heteroatoms. The normalized spacial score (nSPS) is 19.2. The Kier molecular flexibility index (Phi) is 4.01. The summed E-state index contributed by atoms with van der Waals surface area (Å²) in [5.74, 6) is 1.76. The zero-order valence-electron chi connectivity index (χ0n) is 10.5. The Morgan fingerprint density at radius 3 is 2.83 bits per heavy atom. The molecule has 18 heavy (non-hydrogen) atoms. The molecule has 0 aromatic heterocycles. The molecule has 0 aliphatic carbocycles. The molecule has 2 rings (SSSR count). The third-order valence-corrected chi connectivity index (χ3v) is 3.69. The second-order valence-electron chi connectivity index (χ2n) is 4.24. The van der Waals surface area contributed by atoms with E-state index in [4.69, 9.17) is 10.5 Å². The molecule has 0 saturated heterocycles. The third-order valence-electron chi connectivity index (χ3n) is 3.07. The van der Waals surface area contributed by atoms with E-state index in [0.29, 0.717) is 11.8 Å². The van der Waals surface area contributed by atoms with Gasteiger partial charge in [0.1, 0.15) is 11.6 Å². The van der Waals surface area contributed by atoms with E-state index in [1.54, 1.807) is 7.11 Å². The third kappa shape index (κ3) is 2.56. The molecule has 1 unspecified atom stereocenters. The van der Waals surface area contributed by atoms with Crippen molar-refractivity contribution in [3.63, 3.8) is 0 Å². The summed E-state index contributed by atoms with van der Waals surface area (Å²) in [5, 5.41) is 8.24. The summed E-state index contributed by atoms with van der Waals surface area (Å²) in [7, 11) is 1.65. The molecule has 1 aliphatic heterocycles. The lowest BCUT2D eigenvalue weighted by molar-refractivity contribution is 0.412. The van der Waals surface area contributed by atoms with Crippen LogP contribution in [-0.4, -0.2) is 18.7 Å². The van der Waals surface area contributed by atoms with Gasteiger partial charge in [-0.05, 0) is 46.1 Å². The van der Waals surface area contributed by atoms with Crippen molar-refractivity contribution in [1.29, 1.82) is 0 Å². The van der Waals surface area contributed by atoms with Crippen LogP contribution in [0.5, 0.6) is 5.75 Å². The Hall–Kier alpha value is -1.36. The van der Waals surface area contributed by atoms with Crippen LogP contribution in [0.3, 0.4) is 0 Å². The minimum atomic E-state index is 0.336. The number of nitrogens with two attached hydrogens (primary N) is 1. The number of hydrogen-bond donors (Lipinski definition) is 1. The maximum absolute atomic E-state index is 5.73. The molecule has 0 spiro atoms. The summed E-state index contributed by atoms with van der Waals surface area (Å²) in [6.07, 6.45) is 1.78. The van der Waals surface area contributed by atoms with Crippen LogP contribution in [-0.2, 0) is 0 Å².